The van der Waals surface area contributed by atoms with E-state index in [9.17, 15) is 10.5 Å². The van der Waals surface area contributed by atoms with Crippen molar-refractivity contribution < 1.29 is 9.47 Å². The molecule has 0 unspecified atom stereocenters. The third-order valence-corrected chi connectivity index (χ3v) is 4.34. The van der Waals surface area contributed by atoms with Gasteiger partial charge in [-0.3, -0.25) is 5.41 Å². The molecule has 1 aromatic rings. The van der Waals surface area contributed by atoms with Gasteiger partial charge in [0.15, 0.2) is 11.5 Å². The van der Waals surface area contributed by atoms with Gasteiger partial charge in [-0.05, 0) is 17.7 Å². The fourth-order valence-electron chi connectivity index (χ4n) is 2.43. The Morgan fingerprint density at radius 2 is 2.05 bits per heavy atom. The molecule has 2 aliphatic rings. The monoisotopic (exact) mass is 298 g/mol. The second-order valence-corrected chi connectivity index (χ2v) is 5.64. The molecular weight excluding hydrogens is 288 g/mol. The number of allylic oxidation sites excluding steroid dienone is 1. The topological polar surface area (TPSA) is 116 Å². The van der Waals surface area contributed by atoms with Gasteiger partial charge < -0.3 is 15.2 Å². The summed E-state index contributed by atoms with van der Waals surface area (Å²) in [7, 11) is 0. The molecule has 0 amide bonds. The number of nitrogens with one attached hydrogen (secondary N) is 1. The van der Waals surface area contributed by atoms with Crippen LogP contribution in [0.1, 0.15) is 11.5 Å². The molecular formula is C14H10N4O2S. The van der Waals surface area contributed by atoms with E-state index in [1.165, 1.54) is 0 Å². The van der Waals surface area contributed by atoms with Crippen LogP contribution in [0.25, 0.3) is 0 Å². The predicted octanol–water partition coefficient (Wildman–Crippen LogP) is 2.06. The number of benzene rings is 1. The number of nitriles is 2. The number of thioether (sulfide) groups is 1. The molecule has 7 heteroatoms. The standard InChI is InChI=1S/C14H10N4O2S/c15-4-8-12(9(5-16)14(18)21-13(8)17)7-1-2-10-11(3-7)20-6-19-10/h1-3,8,12,17H,6,18H2/t8-,12+/m0/s1. The molecule has 3 rings (SSSR count). The Balaban J connectivity index is 2.13. The first kappa shape index (κ1) is 13.3. The van der Waals surface area contributed by atoms with Gasteiger partial charge in [-0.15, -0.1) is 0 Å². The van der Waals surface area contributed by atoms with Crippen LogP contribution >= 0.6 is 11.8 Å². The van der Waals surface area contributed by atoms with Gasteiger partial charge in [0.25, 0.3) is 0 Å². The minimum atomic E-state index is -0.725. The van der Waals surface area contributed by atoms with E-state index < -0.39 is 11.8 Å². The van der Waals surface area contributed by atoms with Crippen LogP contribution in [-0.4, -0.2) is 11.8 Å². The van der Waals surface area contributed by atoms with Crippen LogP contribution in [0.2, 0.25) is 0 Å². The Labute approximate surface area is 125 Å². The van der Waals surface area contributed by atoms with Crippen LogP contribution in [0.5, 0.6) is 11.5 Å². The van der Waals surface area contributed by atoms with Crippen molar-refractivity contribution in [2.24, 2.45) is 11.7 Å². The molecule has 6 nitrogen and oxygen atoms in total. The van der Waals surface area contributed by atoms with E-state index in [0.717, 1.165) is 17.3 Å². The van der Waals surface area contributed by atoms with E-state index in [0.29, 0.717) is 17.1 Å². The molecule has 0 bridgehead atoms. The number of fused-ring (bicyclic) bond motifs is 1. The van der Waals surface area contributed by atoms with Gasteiger partial charge in [0, 0.05) is 5.92 Å². The van der Waals surface area contributed by atoms with Gasteiger partial charge >= 0.3 is 0 Å². The molecule has 1 aromatic carbocycles. The number of nitrogens with two attached hydrogens (primary N) is 1. The summed E-state index contributed by atoms with van der Waals surface area (Å²) in [6, 6.07) is 9.42. The maximum atomic E-state index is 9.35. The molecule has 2 heterocycles. The third kappa shape index (κ3) is 2.08. The van der Waals surface area contributed by atoms with Crippen molar-refractivity contribution >= 4 is 16.8 Å². The van der Waals surface area contributed by atoms with Gasteiger partial charge in [-0.25, -0.2) is 0 Å². The summed E-state index contributed by atoms with van der Waals surface area (Å²) in [5, 5.41) is 27.1. The lowest BCUT2D eigenvalue weighted by atomic mass is 9.81. The van der Waals surface area contributed by atoms with E-state index in [1.54, 1.807) is 18.2 Å². The van der Waals surface area contributed by atoms with Crippen LogP contribution in [0.4, 0.5) is 0 Å². The highest BCUT2D eigenvalue weighted by molar-refractivity contribution is 8.17. The second-order valence-electron chi connectivity index (χ2n) is 4.55. The van der Waals surface area contributed by atoms with Gasteiger partial charge in [-0.1, -0.05) is 17.8 Å². The van der Waals surface area contributed by atoms with Crippen molar-refractivity contribution in [1.29, 1.82) is 15.9 Å². The van der Waals surface area contributed by atoms with Gasteiger partial charge in [-0.2, -0.15) is 10.5 Å². The summed E-state index contributed by atoms with van der Waals surface area (Å²) in [5.74, 6) is -0.0756. The van der Waals surface area contributed by atoms with Crippen molar-refractivity contribution in [3.05, 3.63) is 34.4 Å². The van der Waals surface area contributed by atoms with Crippen LogP contribution in [0.3, 0.4) is 0 Å². The third-order valence-electron chi connectivity index (χ3n) is 3.43. The van der Waals surface area contributed by atoms with Gasteiger partial charge in [0.1, 0.15) is 5.92 Å². The second kappa shape index (κ2) is 5.04. The Kier molecular flexibility index (Phi) is 3.20. The number of hydrogen-bond acceptors (Lipinski definition) is 7. The quantitative estimate of drug-likeness (QED) is 0.819. The van der Waals surface area contributed by atoms with Crippen molar-refractivity contribution in [1.82, 2.24) is 0 Å². The van der Waals surface area contributed by atoms with Crippen LogP contribution in [-0.2, 0) is 0 Å². The number of rotatable bonds is 1. The average molecular weight is 298 g/mol. The predicted molar refractivity (Wildman–Crippen MR) is 76.6 cm³/mol. The minimum Gasteiger partial charge on any atom is -0.454 e. The molecule has 0 radical (unpaired) electrons. The molecule has 3 N–H and O–H groups in total. The molecule has 2 atom stereocenters. The lowest BCUT2D eigenvalue weighted by molar-refractivity contribution is 0.174. The summed E-state index contributed by atoms with van der Waals surface area (Å²) in [6.07, 6.45) is 0. The van der Waals surface area contributed by atoms with E-state index >= 15 is 0 Å². The first-order chi connectivity index (χ1) is 10.2. The summed E-state index contributed by atoms with van der Waals surface area (Å²) >= 11 is 0.970. The largest absolute Gasteiger partial charge is 0.454 e. The lowest BCUT2D eigenvalue weighted by Gasteiger charge is -2.27. The maximum Gasteiger partial charge on any atom is 0.231 e. The Morgan fingerprint density at radius 3 is 2.76 bits per heavy atom. The summed E-state index contributed by atoms with van der Waals surface area (Å²) < 4.78 is 10.6. The molecule has 2 aliphatic heterocycles. The summed E-state index contributed by atoms with van der Waals surface area (Å²) in [4.78, 5) is 0. The van der Waals surface area contributed by atoms with Crippen LogP contribution < -0.4 is 15.2 Å². The van der Waals surface area contributed by atoms with Gasteiger partial charge in [0.05, 0.1) is 27.8 Å². The fourth-order valence-corrected chi connectivity index (χ4v) is 3.27. The molecule has 0 saturated carbocycles. The fraction of sp³-hybridized carbons (Fsp3) is 0.214. The molecule has 21 heavy (non-hydrogen) atoms. The molecule has 0 saturated heterocycles. The zero-order valence-electron chi connectivity index (χ0n) is 10.8. The molecule has 0 fully saturated rings. The van der Waals surface area contributed by atoms with Gasteiger partial charge in [0.2, 0.25) is 6.79 Å². The number of nitrogens with zero attached hydrogens (tertiary/aromatic N) is 2. The van der Waals surface area contributed by atoms with E-state index in [4.69, 9.17) is 20.6 Å². The van der Waals surface area contributed by atoms with Crippen molar-refractivity contribution in [2.75, 3.05) is 6.79 Å². The van der Waals surface area contributed by atoms with Crippen molar-refractivity contribution in [3.63, 3.8) is 0 Å². The number of ether oxygens (including phenoxy) is 2. The van der Waals surface area contributed by atoms with E-state index in [-0.39, 0.29) is 16.9 Å². The number of hydrogen-bond donors (Lipinski definition) is 2. The summed E-state index contributed by atoms with van der Waals surface area (Å²) in [6.45, 7) is 0.153. The molecule has 104 valence electrons. The molecule has 0 aliphatic carbocycles. The van der Waals surface area contributed by atoms with Crippen molar-refractivity contribution in [2.45, 2.75) is 5.92 Å². The molecule has 0 spiro atoms. The van der Waals surface area contributed by atoms with E-state index in [1.807, 2.05) is 0 Å². The Morgan fingerprint density at radius 1 is 1.29 bits per heavy atom. The average Bonchev–Trinajstić information content (AvgIpc) is 2.93. The van der Waals surface area contributed by atoms with Crippen LogP contribution in [0, 0.1) is 34.0 Å². The smallest absolute Gasteiger partial charge is 0.231 e. The molecule has 0 aromatic heterocycles. The minimum absolute atomic E-state index is 0.150. The maximum absolute atomic E-state index is 9.35. The zero-order valence-corrected chi connectivity index (χ0v) is 11.6. The normalized spacial score (nSPS) is 23.6. The Hall–Kier alpha value is -2.64. The highest BCUT2D eigenvalue weighted by Gasteiger charge is 2.37. The first-order valence-corrected chi connectivity index (χ1v) is 6.92. The Bertz CT molecular complexity index is 744. The van der Waals surface area contributed by atoms with Crippen molar-refractivity contribution in [3.8, 4) is 23.6 Å². The summed E-state index contributed by atoms with van der Waals surface area (Å²) in [5.41, 5.74) is 6.89. The van der Waals surface area contributed by atoms with Crippen LogP contribution in [0.15, 0.2) is 28.8 Å². The highest BCUT2D eigenvalue weighted by atomic mass is 32.2. The SMILES string of the molecule is N#CC1=C(N)SC(=N)[C@@H](C#N)[C@H]1c1ccc2c(c1)OCO2. The highest BCUT2D eigenvalue weighted by Crippen LogP contribution is 2.45. The lowest BCUT2D eigenvalue weighted by Crippen LogP contribution is -2.26. The zero-order chi connectivity index (χ0) is 15.0. The van der Waals surface area contributed by atoms with E-state index in [2.05, 4.69) is 12.1 Å². The first-order valence-electron chi connectivity index (χ1n) is 6.11.